The Kier molecular flexibility index (Phi) is 2.86. The number of benzene rings is 1. The molecule has 0 spiro atoms. The van der Waals surface area contributed by atoms with Gasteiger partial charge in [-0.2, -0.15) is 0 Å². The normalized spacial score (nSPS) is 14.2. The lowest BCUT2D eigenvalue weighted by atomic mass is 10.2. The quantitative estimate of drug-likeness (QED) is 0.771. The second-order valence-corrected chi connectivity index (χ2v) is 3.52. The Balaban J connectivity index is 2.12. The van der Waals surface area contributed by atoms with Gasteiger partial charge in [-0.15, -0.1) is 0 Å². The number of nitrogens with two attached hydrogens (primary N) is 1. The fourth-order valence-corrected chi connectivity index (χ4v) is 1.31. The number of rotatable bonds is 3. The zero-order chi connectivity index (χ0) is 12.4. The van der Waals surface area contributed by atoms with Gasteiger partial charge >= 0.3 is 5.97 Å². The molecule has 1 aliphatic heterocycles. The van der Waals surface area contributed by atoms with Gasteiger partial charge in [-0.25, -0.2) is 4.79 Å². The van der Waals surface area contributed by atoms with Gasteiger partial charge < -0.3 is 19.9 Å². The molecule has 1 aromatic carbocycles. The van der Waals surface area contributed by atoms with Crippen LogP contribution in [0.25, 0.3) is 0 Å². The standard InChI is InChI=1S/C11H11NO5/c1-6(10(12)13)17-11(14)7-2-3-8-9(4-7)16-5-15-8/h2-4,6H,5H2,1H3,(H2,12,13). The summed E-state index contributed by atoms with van der Waals surface area (Å²) >= 11 is 0. The third-order valence-corrected chi connectivity index (χ3v) is 2.29. The molecule has 0 aromatic heterocycles. The van der Waals surface area contributed by atoms with Gasteiger partial charge in [0.15, 0.2) is 17.6 Å². The van der Waals surface area contributed by atoms with Gasteiger partial charge in [0.1, 0.15) is 0 Å². The zero-order valence-corrected chi connectivity index (χ0v) is 9.14. The number of carbonyl (C=O) groups excluding carboxylic acids is 2. The van der Waals surface area contributed by atoms with Gasteiger partial charge in [-0.3, -0.25) is 4.79 Å². The van der Waals surface area contributed by atoms with Crippen molar-refractivity contribution in [2.75, 3.05) is 6.79 Å². The number of hydrogen-bond donors (Lipinski definition) is 1. The van der Waals surface area contributed by atoms with Crippen LogP contribution >= 0.6 is 0 Å². The topological polar surface area (TPSA) is 87.8 Å². The van der Waals surface area contributed by atoms with Crippen molar-refractivity contribution in [2.24, 2.45) is 5.73 Å². The highest BCUT2D eigenvalue weighted by atomic mass is 16.7. The molecule has 1 aromatic rings. The summed E-state index contributed by atoms with van der Waals surface area (Å²) in [7, 11) is 0. The van der Waals surface area contributed by atoms with Crippen LogP contribution in [0.1, 0.15) is 17.3 Å². The average molecular weight is 237 g/mol. The van der Waals surface area contributed by atoms with Crippen molar-refractivity contribution in [3.05, 3.63) is 23.8 Å². The predicted octanol–water partition coefficient (Wildman–Crippen LogP) is 0.446. The summed E-state index contributed by atoms with van der Waals surface area (Å²) in [5, 5.41) is 0. The van der Waals surface area contributed by atoms with Gasteiger partial charge in [0.2, 0.25) is 6.79 Å². The van der Waals surface area contributed by atoms with Crippen molar-refractivity contribution in [3.8, 4) is 11.5 Å². The second kappa shape index (κ2) is 4.32. The molecule has 0 saturated heterocycles. The van der Waals surface area contributed by atoms with Crippen LogP contribution in [-0.2, 0) is 9.53 Å². The van der Waals surface area contributed by atoms with E-state index in [-0.39, 0.29) is 12.4 Å². The maximum absolute atomic E-state index is 11.6. The molecule has 0 aliphatic carbocycles. The van der Waals surface area contributed by atoms with Crippen molar-refractivity contribution in [3.63, 3.8) is 0 Å². The SMILES string of the molecule is CC(OC(=O)c1ccc2c(c1)OCO2)C(N)=O. The summed E-state index contributed by atoms with van der Waals surface area (Å²) in [6.07, 6.45) is -0.965. The van der Waals surface area contributed by atoms with Gasteiger partial charge in [0.25, 0.3) is 5.91 Å². The van der Waals surface area contributed by atoms with E-state index in [9.17, 15) is 9.59 Å². The third kappa shape index (κ3) is 2.30. The second-order valence-electron chi connectivity index (χ2n) is 3.52. The first kappa shape index (κ1) is 11.3. The molecule has 0 saturated carbocycles. The molecule has 1 heterocycles. The van der Waals surface area contributed by atoms with E-state index in [4.69, 9.17) is 19.9 Å². The molecule has 6 nitrogen and oxygen atoms in total. The molecule has 2 rings (SSSR count). The van der Waals surface area contributed by atoms with Gasteiger partial charge in [-0.1, -0.05) is 0 Å². The van der Waals surface area contributed by atoms with Crippen LogP contribution in [0, 0.1) is 0 Å². The molecule has 1 aliphatic rings. The van der Waals surface area contributed by atoms with E-state index in [0.717, 1.165) is 0 Å². The number of carbonyl (C=O) groups is 2. The maximum atomic E-state index is 11.6. The monoisotopic (exact) mass is 237 g/mol. The van der Waals surface area contributed by atoms with E-state index in [0.29, 0.717) is 11.5 Å². The highest BCUT2D eigenvalue weighted by molar-refractivity contribution is 5.92. The molecule has 90 valence electrons. The van der Waals surface area contributed by atoms with Crippen LogP contribution in [0.2, 0.25) is 0 Å². The Bertz CT molecular complexity index is 471. The molecular weight excluding hydrogens is 226 g/mol. The minimum atomic E-state index is -0.965. The first-order chi connectivity index (χ1) is 8.08. The number of fused-ring (bicyclic) bond motifs is 1. The molecular formula is C11H11NO5. The first-order valence-corrected chi connectivity index (χ1v) is 4.98. The molecule has 0 bridgehead atoms. The van der Waals surface area contributed by atoms with Crippen molar-refractivity contribution in [1.29, 1.82) is 0 Å². The minimum Gasteiger partial charge on any atom is -0.454 e. The van der Waals surface area contributed by atoms with E-state index in [2.05, 4.69) is 0 Å². The summed E-state index contributed by atoms with van der Waals surface area (Å²) in [4.78, 5) is 22.4. The predicted molar refractivity (Wildman–Crippen MR) is 56.6 cm³/mol. The number of hydrogen-bond acceptors (Lipinski definition) is 5. The van der Waals surface area contributed by atoms with Gasteiger partial charge in [0.05, 0.1) is 5.56 Å². The minimum absolute atomic E-state index is 0.130. The highest BCUT2D eigenvalue weighted by Gasteiger charge is 2.19. The summed E-state index contributed by atoms with van der Waals surface area (Å²) < 4.78 is 15.1. The smallest absolute Gasteiger partial charge is 0.339 e. The van der Waals surface area contributed by atoms with Gasteiger partial charge in [-0.05, 0) is 25.1 Å². The van der Waals surface area contributed by atoms with Crippen LogP contribution in [0.3, 0.4) is 0 Å². The molecule has 0 fully saturated rings. The fraction of sp³-hybridized carbons (Fsp3) is 0.273. The van der Waals surface area contributed by atoms with Crippen molar-refractivity contribution in [1.82, 2.24) is 0 Å². The van der Waals surface area contributed by atoms with E-state index in [1.54, 1.807) is 6.07 Å². The van der Waals surface area contributed by atoms with Crippen molar-refractivity contribution in [2.45, 2.75) is 13.0 Å². The van der Waals surface area contributed by atoms with Crippen LogP contribution in [0.4, 0.5) is 0 Å². The number of amides is 1. The number of primary amides is 1. The van der Waals surface area contributed by atoms with E-state index in [1.165, 1.54) is 19.1 Å². The molecule has 6 heteroatoms. The Labute approximate surface area is 97.3 Å². The lowest BCUT2D eigenvalue weighted by Gasteiger charge is -2.09. The Morgan fingerprint density at radius 1 is 1.35 bits per heavy atom. The summed E-state index contributed by atoms with van der Waals surface area (Å²) in [6, 6.07) is 4.63. The first-order valence-electron chi connectivity index (χ1n) is 4.98. The Hall–Kier alpha value is -2.24. The molecule has 0 radical (unpaired) electrons. The van der Waals surface area contributed by atoms with Crippen LogP contribution in [0.5, 0.6) is 11.5 Å². The number of ether oxygens (including phenoxy) is 3. The molecule has 1 atom stereocenters. The van der Waals surface area contributed by atoms with Crippen molar-refractivity contribution >= 4 is 11.9 Å². The van der Waals surface area contributed by atoms with Gasteiger partial charge in [0, 0.05) is 0 Å². The lowest BCUT2D eigenvalue weighted by molar-refractivity contribution is -0.125. The Morgan fingerprint density at radius 2 is 2.06 bits per heavy atom. The molecule has 17 heavy (non-hydrogen) atoms. The number of esters is 1. The zero-order valence-electron chi connectivity index (χ0n) is 9.14. The molecule has 1 amide bonds. The molecule has 2 N–H and O–H groups in total. The summed E-state index contributed by atoms with van der Waals surface area (Å²) in [6.45, 7) is 1.54. The highest BCUT2D eigenvalue weighted by Crippen LogP contribution is 2.32. The van der Waals surface area contributed by atoms with Crippen LogP contribution in [0.15, 0.2) is 18.2 Å². The van der Waals surface area contributed by atoms with Crippen LogP contribution < -0.4 is 15.2 Å². The Morgan fingerprint density at radius 3 is 2.76 bits per heavy atom. The average Bonchev–Trinajstić information content (AvgIpc) is 2.75. The third-order valence-electron chi connectivity index (χ3n) is 2.29. The van der Waals surface area contributed by atoms with E-state index in [1.807, 2.05) is 0 Å². The fourth-order valence-electron chi connectivity index (χ4n) is 1.31. The van der Waals surface area contributed by atoms with Crippen LogP contribution in [-0.4, -0.2) is 24.8 Å². The van der Waals surface area contributed by atoms with E-state index >= 15 is 0 Å². The lowest BCUT2D eigenvalue weighted by Crippen LogP contribution is -2.30. The molecule has 1 unspecified atom stereocenters. The maximum Gasteiger partial charge on any atom is 0.339 e. The largest absolute Gasteiger partial charge is 0.454 e. The van der Waals surface area contributed by atoms with Crippen molar-refractivity contribution < 1.29 is 23.8 Å². The summed E-state index contributed by atoms with van der Waals surface area (Å²) in [5.74, 6) is -0.274. The van der Waals surface area contributed by atoms with E-state index < -0.39 is 18.0 Å². The summed E-state index contributed by atoms with van der Waals surface area (Å²) in [5.41, 5.74) is 5.27.